The first-order valence-corrected chi connectivity index (χ1v) is 8.48. The molecule has 2 amide bonds. The van der Waals surface area contributed by atoms with Crippen LogP contribution in [0.25, 0.3) is 0 Å². The van der Waals surface area contributed by atoms with Crippen molar-refractivity contribution in [2.75, 3.05) is 25.8 Å². The molecule has 5 nitrogen and oxygen atoms in total. The summed E-state index contributed by atoms with van der Waals surface area (Å²) in [5.74, 6) is 2.06. The largest absolute Gasteiger partial charge is 0.496 e. The molecule has 0 aliphatic carbocycles. The monoisotopic (exact) mass is 322 g/mol. The molecule has 0 bridgehead atoms. The number of rotatable bonds is 5. The molecule has 2 rings (SSSR count). The first-order chi connectivity index (χ1) is 10.6. The van der Waals surface area contributed by atoms with Crippen molar-refractivity contribution in [2.45, 2.75) is 25.9 Å². The van der Waals surface area contributed by atoms with Gasteiger partial charge in [-0.05, 0) is 6.07 Å². The van der Waals surface area contributed by atoms with E-state index in [1.807, 2.05) is 31.2 Å². The summed E-state index contributed by atoms with van der Waals surface area (Å²) in [7, 11) is 3.39. The zero-order valence-corrected chi connectivity index (χ0v) is 14.1. The van der Waals surface area contributed by atoms with E-state index in [4.69, 9.17) is 4.74 Å². The Hall–Kier alpha value is -1.69. The van der Waals surface area contributed by atoms with Crippen molar-refractivity contribution in [3.63, 3.8) is 0 Å². The lowest BCUT2D eigenvalue weighted by Gasteiger charge is -2.27. The van der Waals surface area contributed by atoms with E-state index in [2.05, 4.69) is 0 Å². The molecule has 0 saturated carbocycles. The average molecular weight is 322 g/mol. The fraction of sp³-hybridized carbons (Fsp3) is 0.500. The number of methoxy groups -OCH3 is 1. The highest BCUT2D eigenvalue weighted by atomic mass is 32.2. The molecule has 1 atom stereocenters. The highest BCUT2D eigenvalue weighted by Crippen LogP contribution is 2.24. The smallest absolute Gasteiger partial charge is 0.246 e. The Labute approximate surface area is 135 Å². The number of nitrogens with zero attached hydrogens (tertiary/aromatic N) is 2. The lowest BCUT2D eigenvalue weighted by atomic mass is 10.1. The first kappa shape index (κ1) is 16.7. The maximum Gasteiger partial charge on any atom is 0.246 e. The van der Waals surface area contributed by atoms with Crippen molar-refractivity contribution in [1.82, 2.24) is 9.80 Å². The molecule has 0 radical (unpaired) electrons. The Morgan fingerprint density at radius 1 is 1.41 bits per heavy atom. The van der Waals surface area contributed by atoms with Crippen molar-refractivity contribution >= 4 is 23.6 Å². The van der Waals surface area contributed by atoms with E-state index in [9.17, 15) is 9.59 Å². The number of amides is 2. The summed E-state index contributed by atoms with van der Waals surface area (Å²) in [4.78, 5) is 27.9. The SMILES string of the molecule is CCC(=O)N1CSC[C@@H]1C(=O)N(C)Cc1ccccc1OC. The second kappa shape index (κ2) is 7.54. The van der Waals surface area contributed by atoms with E-state index in [0.29, 0.717) is 24.6 Å². The molecule has 1 aromatic carbocycles. The molecule has 1 aliphatic rings. The van der Waals surface area contributed by atoms with Crippen molar-refractivity contribution in [1.29, 1.82) is 0 Å². The summed E-state index contributed by atoms with van der Waals surface area (Å²) in [6, 6.07) is 7.30. The third-order valence-electron chi connectivity index (χ3n) is 3.77. The summed E-state index contributed by atoms with van der Waals surface area (Å²) in [5, 5.41) is 0. The molecule has 6 heteroatoms. The molecule has 0 N–H and O–H groups in total. The first-order valence-electron chi connectivity index (χ1n) is 7.32. The minimum absolute atomic E-state index is 0.0160. The molecule has 1 aromatic rings. The molecular weight excluding hydrogens is 300 g/mol. The quantitative estimate of drug-likeness (QED) is 0.831. The Kier molecular flexibility index (Phi) is 5.71. The molecule has 1 heterocycles. The number of thioether (sulfide) groups is 1. The third kappa shape index (κ3) is 3.55. The number of carbonyl (C=O) groups excluding carboxylic acids is 2. The predicted molar refractivity (Wildman–Crippen MR) is 87.7 cm³/mol. The van der Waals surface area contributed by atoms with Crippen LogP contribution < -0.4 is 4.74 Å². The summed E-state index contributed by atoms with van der Waals surface area (Å²) >= 11 is 1.63. The fourth-order valence-corrected chi connectivity index (χ4v) is 3.69. The van der Waals surface area contributed by atoms with E-state index < -0.39 is 0 Å². The van der Waals surface area contributed by atoms with Crippen LogP contribution in [0.3, 0.4) is 0 Å². The standard InChI is InChI=1S/C16H22N2O3S/c1-4-15(19)18-11-22-10-13(18)16(20)17(2)9-12-7-5-6-8-14(12)21-3/h5-8,13H,4,9-11H2,1-3H3/t13-/m1/s1. The lowest BCUT2D eigenvalue weighted by molar-refractivity contribution is -0.142. The van der Waals surface area contributed by atoms with Gasteiger partial charge in [0.2, 0.25) is 11.8 Å². The Morgan fingerprint density at radius 2 is 2.14 bits per heavy atom. The number of ether oxygens (including phenoxy) is 1. The number of benzene rings is 1. The maximum absolute atomic E-state index is 12.7. The van der Waals surface area contributed by atoms with Crippen LogP contribution in [0.2, 0.25) is 0 Å². The number of hydrogen-bond donors (Lipinski definition) is 0. The van der Waals surface area contributed by atoms with Crippen LogP contribution >= 0.6 is 11.8 Å². The molecular formula is C16H22N2O3S. The number of carbonyl (C=O) groups is 2. The van der Waals surface area contributed by atoms with Crippen LogP contribution in [0.15, 0.2) is 24.3 Å². The molecule has 1 fully saturated rings. The second-order valence-corrected chi connectivity index (χ2v) is 6.24. The topological polar surface area (TPSA) is 49.9 Å². The molecule has 120 valence electrons. The van der Waals surface area contributed by atoms with Crippen molar-refractivity contribution in [3.8, 4) is 5.75 Å². The highest BCUT2D eigenvalue weighted by Gasteiger charge is 2.35. The minimum Gasteiger partial charge on any atom is -0.496 e. The third-order valence-corrected chi connectivity index (χ3v) is 4.78. The van der Waals surface area contributed by atoms with E-state index >= 15 is 0 Å². The summed E-state index contributed by atoms with van der Waals surface area (Å²) < 4.78 is 5.32. The fourth-order valence-electron chi connectivity index (χ4n) is 2.52. The number of likely N-dealkylation sites (N-methyl/N-ethyl adjacent to an activating group) is 1. The van der Waals surface area contributed by atoms with Gasteiger partial charge < -0.3 is 14.5 Å². The normalized spacial score (nSPS) is 17.4. The van der Waals surface area contributed by atoms with Gasteiger partial charge in [0.25, 0.3) is 0 Å². The van der Waals surface area contributed by atoms with Crippen LogP contribution in [0, 0.1) is 0 Å². The summed E-state index contributed by atoms with van der Waals surface area (Å²) in [6.45, 7) is 2.30. The van der Waals surface area contributed by atoms with Crippen LogP contribution in [0.4, 0.5) is 0 Å². The lowest BCUT2D eigenvalue weighted by Crippen LogP contribution is -2.47. The highest BCUT2D eigenvalue weighted by molar-refractivity contribution is 7.99. The average Bonchev–Trinajstić information content (AvgIpc) is 3.03. The zero-order valence-electron chi connectivity index (χ0n) is 13.2. The predicted octanol–water partition coefficient (Wildman–Crippen LogP) is 1.97. The molecule has 1 saturated heterocycles. The van der Waals surface area contributed by atoms with Crippen molar-refractivity contribution in [3.05, 3.63) is 29.8 Å². The van der Waals surface area contributed by atoms with E-state index in [1.54, 1.807) is 35.7 Å². The molecule has 22 heavy (non-hydrogen) atoms. The minimum atomic E-state index is -0.350. The van der Waals surface area contributed by atoms with Gasteiger partial charge in [-0.3, -0.25) is 9.59 Å². The Morgan fingerprint density at radius 3 is 2.82 bits per heavy atom. The summed E-state index contributed by atoms with van der Waals surface area (Å²) in [5.41, 5.74) is 0.958. The van der Waals surface area contributed by atoms with Crippen LogP contribution in [0.5, 0.6) is 5.75 Å². The van der Waals surface area contributed by atoms with Gasteiger partial charge in [0, 0.05) is 31.3 Å². The number of para-hydroxylation sites is 1. The van der Waals surface area contributed by atoms with E-state index in [0.717, 1.165) is 11.3 Å². The second-order valence-electron chi connectivity index (χ2n) is 5.24. The van der Waals surface area contributed by atoms with E-state index in [-0.39, 0.29) is 17.9 Å². The van der Waals surface area contributed by atoms with E-state index in [1.165, 1.54) is 0 Å². The van der Waals surface area contributed by atoms with Crippen molar-refractivity contribution in [2.24, 2.45) is 0 Å². The molecule has 0 unspecified atom stereocenters. The van der Waals surface area contributed by atoms with Gasteiger partial charge in [-0.1, -0.05) is 25.1 Å². The van der Waals surface area contributed by atoms with Gasteiger partial charge >= 0.3 is 0 Å². The van der Waals surface area contributed by atoms with Crippen molar-refractivity contribution < 1.29 is 14.3 Å². The Balaban J connectivity index is 2.07. The van der Waals surface area contributed by atoms with Crippen LogP contribution in [0.1, 0.15) is 18.9 Å². The van der Waals surface area contributed by atoms with Gasteiger partial charge in [0.15, 0.2) is 0 Å². The van der Waals surface area contributed by atoms with Gasteiger partial charge in [-0.2, -0.15) is 0 Å². The van der Waals surface area contributed by atoms with Gasteiger partial charge in [-0.15, -0.1) is 11.8 Å². The number of hydrogen-bond acceptors (Lipinski definition) is 4. The zero-order chi connectivity index (χ0) is 16.1. The molecule has 0 aromatic heterocycles. The molecule has 1 aliphatic heterocycles. The Bertz CT molecular complexity index is 550. The molecule has 0 spiro atoms. The van der Waals surface area contributed by atoms with Gasteiger partial charge in [-0.25, -0.2) is 0 Å². The van der Waals surface area contributed by atoms with Gasteiger partial charge in [0.05, 0.1) is 13.0 Å². The van der Waals surface area contributed by atoms with Crippen LogP contribution in [-0.2, 0) is 16.1 Å². The van der Waals surface area contributed by atoms with Crippen LogP contribution in [-0.4, -0.2) is 53.4 Å². The maximum atomic E-state index is 12.7. The summed E-state index contributed by atoms with van der Waals surface area (Å²) in [6.07, 6.45) is 0.431. The van der Waals surface area contributed by atoms with Gasteiger partial charge in [0.1, 0.15) is 11.8 Å².